The maximum atomic E-state index is 4.39. The average Bonchev–Trinajstić information content (AvgIpc) is 2.56. The predicted octanol–water partition coefficient (Wildman–Crippen LogP) is 3.43. The Hall–Kier alpha value is 0.700. The SMILES string of the molecule is SCCC(CS)CC1CCCC1. The van der Waals surface area contributed by atoms with E-state index in [4.69, 9.17) is 0 Å². The predicted molar refractivity (Wildman–Crippen MR) is 62.4 cm³/mol. The van der Waals surface area contributed by atoms with Crippen LogP contribution in [0.2, 0.25) is 0 Å². The van der Waals surface area contributed by atoms with Gasteiger partial charge in [-0.2, -0.15) is 25.3 Å². The third-order valence-electron chi connectivity index (χ3n) is 2.94. The van der Waals surface area contributed by atoms with Crippen LogP contribution in [-0.4, -0.2) is 11.5 Å². The molecule has 0 aromatic rings. The fourth-order valence-electron chi connectivity index (χ4n) is 2.18. The van der Waals surface area contributed by atoms with Crippen molar-refractivity contribution in [2.24, 2.45) is 11.8 Å². The molecule has 0 aromatic heterocycles. The smallest absolute Gasteiger partial charge is 0.00691 e. The molecular formula is C10H20S2. The summed E-state index contributed by atoms with van der Waals surface area (Å²) in [5.41, 5.74) is 0. The minimum absolute atomic E-state index is 0.828. The summed E-state index contributed by atoms with van der Waals surface area (Å²) in [6.45, 7) is 0. The highest BCUT2D eigenvalue weighted by molar-refractivity contribution is 7.80. The number of hydrogen-bond acceptors (Lipinski definition) is 2. The number of thiol groups is 2. The summed E-state index contributed by atoms with van der Waals surface area (Å²) >= 11 is 8.66. The summed E-state index contributed by atoms with van der Waals surface area (Å²) in [4.78, 5) is 0. The lowest BCUT2D eigenvalue weighted by atomic mass is 9.93. The van der Waals surface area contributed by atoms with Gasteiger partial charge >= 0.3 is 0 Å². The highest BCUT2D eigenvalue weighted by atomic mass is 32.1. The summed E-state index contributed by atoms with van der Waals surface area (Å²) in [5, 5.41) is 0. The van der Waals surface area contributed by atoms with Crippen LogP contribution in [0.15, 0.2) is 0 Å². The fraction of sp³-hybridized carbons (Fsp3) is 1.00. The van der Waals surface area contributed by atoms with E-state index in [2.05, 4.69) is 25.3 Å². The Morgan fingerprint density at radius 3 is 2.33 bits per heavy atom. The first kappa shape index (κ1) is 10.8. The van der Waals surface area contributed by atoms with Crippen LogP contribution in [0.1, 0.15) is 38.5 Å². The van der Waals surface area contributed by atoms with Crippen molar-refractivity contribution in [3.63, 3.8) is 0 Å². The van der Waals surface area contributed by atoms with Crippen LogP contribution < -0.4 is 0 Å². The molecule has 1 atom stereocenters. The molecule has 72 valence electrons. The Bertz CT molecular complexity index is 108. The third kappa shape index (κ3) is 3.61. The van der Waals surface area contributed by atoms with Crippen LogP contribution >= 0.6 is 25.3 Å². The summed E-state index contributed by atoms with van der Waals surface area (Å²) in [6, 6.07) is 0. The van der Waals surface area contributed by atoms with Gasteiger partial charge in [0.25, 0.3) is 0 Å². The van der Waals surface area contributed by atoms with E-state index in [1.54, 1.807) is 0 Å². The second-order valence-corrected chi connectivity index (χ2v) is 4.76. The Morgan fingerprint density at radius 1 is 1.17 bits per heavy atom. The lowest BCUT2D eigenvalue weighted by Gasteiger charge is -2.17. The van der Waals surface area contributed by atoms with E-state index < -0.39 is 0 Å². The van der Waals surface area contributed by atoms with Gasteiger partial charge in [0, 0.05) is 0 Å². The molecule has 0 saturated heterocycles. The zero-order chi connectivity index (χ0) is 8.81. The maximum absolute atomic E-state index is 4.39. The summed E-state index contributed by atoms with van der Waals surface area (Å²) in [7, 11) is 0. The standard InChI is InChI=1S/C10H20S2/c11-6-5-10(8-12)7-9-3-1-2-4-9/h9-12H,1-8H2. The van der Waals surface area contributed by atoms with Crippen LogP contribution in [0.25, 0.3) is 0 Å². The molecule has 0 bridgehead atoms. The van der Waals surface area contributed by atoms with Crippen LogP contribution in [0.3, 0.4) is 0 Å². The van der Waals surface area contributed by atoms with Gasteiger partial charge in [0.2, 0.25) is 0 Å². The highest BCUT2D eigenvalue weighted by Gasteiger charge is 2.18. The topological polar surface area (TPSA) is 0 Å². The average molecular weight is 204 g/mol. The van der Waals surface area contributed by atoms with Gasteiger partial charge in [-0.15, -0.1) is 0 Å². The minimum atomic E-state index is 0.828. The zero-order valence-electron chi connectivity index (χ0n) is 7.71. The first-order valence-corrected chi connectivity index (χ1v) is 6.35. The van der Waals surface area contributed by atoms with Crippen LogP contribution in [0.4, 0.5) is 0 Å². The minimum Gasteiger partial charge on any atom is -0.179 e. The number of hydrogen-bond donors (Lipinski definition) is 2. The molecule has 0 amide bonds. The molecular weight excluding hydrogens is 184 g/mol. The molecule has 0 aliphatic heterocycles. The lowest BCUT2D eigenvalue weighted by molar-refractivity contribution is 0.397. The van der Waals surface area contributed by atoms with Crippen molar-refractivity contribution in [2.75, 3.05) is 11.5 Å². The van der Waals surface area contributed by atoms with Crippen LogP contribution in [0.5, 0.6) is 0 Å². The van der Waals surface area contributed by atoms with Gasteiger partial charge in [-0.3, -0.25) is 0 Å². The zero-order valence-corrected chi connectivity index (χ0v) is 9.49. The third-order valence-corrected chi connectivity index (χ3v) is 3.71. The van der Waals surface area contributed by atoms with Gasteiger partial charge in [-0.25, -0.2) is 0 Å². The van der Waals surface area contributed by atoms with Crippen molar-refractivity contribution >= 4 is 25.3 Å². The van der Waals surface area contributed by atoms with Crippen molar-refractivity contribution in [1.29, 1.82) is 0 Å². The second kappa shape index (κ2) is 6.20. The van der Waals surface area contributed by atoms with Gasteiger partial charge < -0.3 is 0 Å². The summed E-state index contributed by atoms with van der Waals surface area (Å²) in [6.07, 6.45) is 8.52. The first-order chi connectivity index (χ1) is 5.86. The molecule has 2 heteroatoms. The molecule has 1 aliphatic rings. The lowest BCUT2D eigenvalue weighted by Crippen LogP contribution is -2.08. The van der Waals surface area contributed by atoms with E-state index >= 15 is 0 Å². The quantitative estimate of drug-likeness (QED) is 0.630. The van der Waals surface area contributed by atoms with E-state index in [9.17, 15) is 0 Å². The van der Waals surface area contributed by atoms with Gasteiger partial charge in [0.1, 0.15) is 0 Å². The monoisotopic (exact) mass is 204 g/mol. The van der Waals surface area contributed by atoms with Gasteiger partial charge in [-0.1, -0.05) is 25.7 Å². The first-order valence-electron chi connectivity index (χ1n) is 5.08. The highest BCUT2D eigenvalue weighted by Crippen LogP contribution is 2.31. The van der Waals surface area contributed by atoms with Gasteiger partial charge in [0.05, 0.1) is 0 Å². The maximum Gasteiger partial charge on any atom is -0.00691 e. The normalized spacial score (nSPS) is 21.5. The molecule has 0 N–H and O–H groups in total. The Morgan fingerprint density at radius 2 is 1.83 bits per heavy atom. The Kier molecular flexibility index (Phi) is 5.57. The van der Waals surface area contributed by atoms with E-state index in [0.717, 1.165) is 23.3 Å². The molecule has 0 spiro atoms. The van der Waals surface area contributed by atoms with E-state index in [-0.39, 0.29) is 0 Å². The fourth-order valence-corrected chi connectivity index (χ4v) is 2.88. The number of rotatable bonds is 5. The van der Waals surface area contributed by atoms with Crippen LogP contribution in [0, 0.1) is 11.8 Å². The second-order valence-electron chi connectivity index (χ2n) is 3.95. The molecule has 1 aliphatic carbocycles. The Balaban J connectivity index is 2.16. The van der Waals surface area contributed by atoms with E-state index in [1.165, 1.54) is 38.5 Å². The molecule has 0 heterocycles. The van der Waals surface area contributed by atoms with Crippen molar-refractivity contribution in [1.82, 2.24) is 0 Å². The molecule has 0 nitrogen and oxygen atoms in total. The van der Waals surface area contributed by atoms with Crippen molar-refractivity contribution < 1.29 is 0 Å². The van der Waals surface area contributed by atoms with Crippen molar-refractivity contribution in [3.8, 4) is 0 Å². The molecule has 1 saturated carbocycles. The molecule has 1 fully saturated rings. The Labute approximate surface area is 87.3 Å². The molecule has 1 rings (SSSR count). The van der Waals surface area contributed by atoms with Crippen molar-refractivity contribution in [2.45, 2.75) is 38.5 Å². The molecule has 0 aromatic carbocycles. The van der Waals surface area contributed by atoms with Gasteiger partial charge in [0.15, 0.2) is 0 Å². The largest absolute Gasteiger partial charge is 0.179 e. The van der Waals surface area contributed by atoms with E-state index in [1.807, 2.05) is 0 Å². The summed E-state index contributed by atoms with van der Waals surface area (Å²) < 4.78 is 0. The van der Waals surface area contributed by atoms with Crippen LogP contribution in [-0.2, 0) is 0 Å². The summed E-state index contributed by atoms with van der Waals surface area (Å²) in [5.74, 6) is 3.92. The molecule has 12 heavy (non-hydrogen) atoms. The van der Waals surface area contributed by atoms with E-state index in [0.29, 0.717) is 0 Å². The van der Waals surface area contributed by atoms with Gasteiger partial charge in [-0.05, 0) is 36.2 Å². The molecule has 0 radical (unpaired) electrons. The molecule has 1 unspecified atom stereocenters. The van der Waals surface area contributed by atoms with Crippen molar-refractivity contribution in [3.05, 3.63) is 0 Å².